The van der Waals surface area contributed by atoms with Crippen LogP contribution in [0.25, 0.3) is 12.2 Å². The lowest BCUT2D eigenvalue weighted by Gasteiger charge is -2.26. The summed E-state index contributed by atoms with van der Waals surface area (Å²) in [6.07, 6.45) is 8.25. The molecule has 10 nitrogen and oxygen atoms in total. The van der Waals surface area contributed by atoms with E-state index >= 15 is 0 Å². The van der Waals surface area contributed by atoms with Crippen LogP contribution in [0.5, 0.6) is 0 Å². The molecule has 10 heteroatoms. The minimum absolute atomic E-state index is 0.195. The number of amides is 3. The van der Waals surface area contributed by atoms with Crippen LogP contribution in [0.1, 0.15) is 48.9 Å². The molecule has 0 radical (unpaired) electrons. The van der Waals surface area contributed by atoms with E-state index in [9.17, 15) is 14.4 Å². The summed E-state index contributed by atoms with van der Waals surface area (Å²) in [6.45, 7) is 4.83. The highest BCUT2D eigenvalue weighted by molar-refractivity contribution is 6.07. The Morgan fingerprint density at radius 1 is 0.750 bits per heavy atom. The number of hydrogen-bond donors (Lipinski definition) is 3. The van der Waals surface area contributed by atoms with E-state index in [1.165, 1.54) is 0 Å². The van der Waals surface area contributed by atoms with Crippen LogP contribution in [0.3, 0.4) is 0 Å². The quantitative estimate of drug-likeness (QED) is 0.175. The van der Waals surface area contributed by atoms with Gasteiger partial charge in [0.15, 0.2) is 0 Å². The number of hydrogen-bond acceptors (Lipinski definition) is 5. The maximum absolute atomic E-state index is 13.1. The minimum Gasteiger partial charge on any atom is -0.379 e. The Bertz CT molecular complexity index is 1620. The lowest BCUT2D eigenvalue weighted by atomic mass is 10.1. The van der Waals surface area contributed by atoms with Crippen molar-refractivity contribution in [2.45, 2.75) is 6.42 Å². The van der Waals surface area contributed by atoms with E-state index in [0.29, 0.717) is 34.9 Å². The molecule has 44 heavy (non-hydrogen) atoms. The molecule has 1 fully saturated rings. The van der Waals surface area contributed by atoms with Crippen LogP contribution in [-0.4, -0.2) is 71.1 Å². The molecule has 0 bridgehead atoms. The summed E-state index contributed by atoms with van der Waals surface area (Å²) in [4.78, 5) is 41.0. The summed E-state index contributed by atoms with van der Waals surface area (Å²) in [7, 11) is 3.50. The van der Waals surface area contributed by atoms with Gasteiger partial charge in [-0.15, -0.1) is 0 Å². The summed E-state index contributed by atoms with van der Waals surface area (Å²) >= 11 is 0. The molecule has 5 rings (SSSR count). The fraction of sp³-hybridized carbons (Fsp3) is 0.265. The van der Waals surface area contributed by atoms with Crippen LogP contribution >= 0.6 is 0 Å². The fourth-order valence-electron chi connectivity index (χ4n) is 5.04. The van der Waals surface area contributed by atoms with Gasteiger partial charge in [0, 0.05) is 51.7 Å². The summed E-state index contributed by atoms with van der Waals surface area (Å²) < 4.78 is 8.70. The van der Waals surface area contributed by atoms with Crippen molar-refractivity contribution in [3.05, 3.63) is 107 Å². The van der Waals surface area contributed by atoms with Crippen molar-refractivity contribution in [3.63, 3.8) is 0 Å². The number of nitrogens with one attached hydrogen (secondary N) is 3. The molecule has 0 saturated carbocycles. The molecule has 0 aliphatic carbocycles. The largest absolute Gasteiger partial charge is 0.379 e. The highest BCUT2D eigenvalue weighted by Gasteiger charge is 2.17. The van der Waals surface area contributed by atoms with Crippen molar-refractivity contribution < 1.29 is 19.1 Å². The van der Waals surface area contributed by atoms with Crippen LogP contribution in [-0.2, 0) is 18.8 Å². The first-order chi connectivity index (χ1) is 21.4. The number of aromatic nitrogens is 2. The van der Waals surface area contributed by atoms with Gasteiger partial charge in [0.25, 0.3) is 17.7 Å². The number of morpholine rings is 1. The summed E-state index contributed by atoms with van der Waals surface area (Å²) in [5.74, 6) is -0.825. The van der Waals surface area contributed by atoms with Crippen LogP contribution in [0, 0.1) is 0 Å². The Morgan fingerprint density at radius 3 is 1.95 bits per heavy atom. The topological polar surface area (TPSA) is 110 Å². The van der Waals surface area contributed by atoms with Gasteiger partial charge in [-0.2, -0.15) is 0 Å². The summed E-state index contributed by atoms with van der Waals surface area (Å²) in [5, 5.41) is 8.68. The molecule has 3 heterocycles. The highest BCUT2D eigenvalue weighted by Crippen LogP contribution is 2.19. The standard InChI is InChI=1S/C34H38N6O4/c1-38-24-29(21-30(38)33(42)35-15-6-16-40-17-19-44-20-18-40)37-34(43)31-22-28(23-39(31)2)36-32(41)27-13-11-26(12-14-27)10-9-25-7-4-3-5-8-25/h3-5,7-14,21-24H,6,15-20H2,1-2H3,(H,35,42)(H,36,41)(H,37,43)/b10-9+. The lowest BCUT2D eigenvalue weighted by Crippen LogP contribution is -2.38. The van der Waals surface area contributed by atoms with Crippen molar-refractivity contribution in [3.8, 4) is 0 Å². The zero-order valence-corrected chi connectivity index (χ0v) is 25.1. The summed E-state index contributed by atoms with van der Waals surface area (Å²) in [6, 6.07) is 20.6. The average Bonchev–Trinajstić information content (AvgIpc) is 3.60. The maximum atomic E-state index is 13.1. The molecule has 0 unspecified atom stereocenters. The molecule has 1 aliphatic heterocycles. The highest BCUT2D eigenvalue weighted by atomic mass is 16.5. The Labute approximate surface area is 257 Å². The van der Waals surface area contributed by atoms with Crippen molar-refractivity contribution in [2.75, 3.05) is 50.0 Å². The zero-order valence-electron chi connectivity index (χ0n) is 25.1. The molecule has 0 spiro atoms. The van der Waals surface area contributed by atoms with Crippen LogP contribution in [0.15, 0.2) is 79.1 Å². The molecular weight excluding hydrogens is 556 g/mol. The predicted molar refractivity (Wildman–Crippen MR) is 173 cm³/mol. The Morgan fingerprint density at radius 2 is 1.32 bits per heavy atom. The van der Waals surface area contributed by atoms with Gasteiger partial charge >= 0.3 is 0 Å². The molecule has 2 aromatic carbocycles. The third-order valence-electron chi connectivity index (χ3n) is 7.47. The number of nitrogens with zero attached hydrogens (tertiary/aromatic N) is 3. The number of carbonyl (C=O) groups excluding carboxylic acids is 3. The first-order valence-electron chi connectivity index (χ1n) is 14.7. The molecule has 1 aliphatic rings. The van der Waals surface area contributed by atoms with Gasteiger partial charge in [-0.05, 0) is 48.4 Å². The number of rotatable bonds is 11. The number of aryl methyl sites for hydroxylation is 2. The SMILES string of the molecule is Cn1cc(NC(=O)c2cc(NC(=O)c3ccc(/C=C/c4ccccc4)cc3)cn2C)cc1C(=O)NCCCN1CCOCC1. The number of ether oxygens (including phenoxy) is 1. The second kappa shape index (κ2) is 14.5. The van der Waals surface area contributed by atoms with Crippen LogP contribution in [0.4, 0.5) is 11.4 Å². The van der Waals surface area contributed by atoms with Crippen molar-refractivity contribution >= 4 is 41.2 Å². The molecule has 0 atom stereocenters. The van der Waals surface area contributed by atoms with E-state index < -0.39 is 0 Å². The maximum Gasteiger partial charge on any atom is 0.272 e. The van der Waals surface area contributed by atoms with Gasteiger partial charge in [0.2, 0.25) is 0 Å². The van der Waals surface area contributed by atoms with E-state index in [1.807, 2.05) is 54.6 Å². The number of carbonyl (C=O) groups is 3. The van der Waals surface area contributed by atoms with Crippen molar-refractivity contribution in [1.82, 2.24) is 19.4 Å². The molecule has 4 aromatic rings. The van der Waals surface area contributed by atoms with Crippen LogP contribution < -0.4 is 16.0 Å². The number of benzene rings is 2. The van der Waals surface area contributed by atoms with E-state index in [0.717, 1.165) is 50.4 Å². The van der Waals surface area contributed by atoms with Gasteiger partial charge in [0.05, 0.1) is 24.6 Å². The zero-order chi connectivity index (χ0) is 30.9. The van der Waals surface area contributed by atoms with Gasteiger partial charge in [0.1, 0.15) is 11.4 Å². The Kier molecular flexibility index (Phi) is 10.1. The van der Waals surface area contributed by atoms with Crippen molar-refractivity contribution in [1.29, 1.82) is 0 Å². The molecule has 228 valence electrons. The smallest absolute Gasteiger partial charge is 0.272 e. The Balaban J connectivity index is 1.12. The second-order valence-corrected chi connectivity index (χ2v) is 10.8. The lowest BCUT2D eigenvalue weighted by molar-refractivity contribution is 0.0374. The van der Waals surface area contributed by atoms with Crippen LogP contribution in [0.2, 0.25) is 0 Å². The second-order valence-electron chi connectivity index (χ2n) is 10.8. The monoisotopic (exact) mass is 594 g/mol. The molecule has 3 N–H and O–H groups in total. The fourth-order valence-corrected chi connectivity index (χ4v) is 5.04. The Hall–Kier alpha value is -4.93. The van der Waals surface area contributed by atoms with Gasteiger partial charge in [-0.25, -0.2) is 0 Å². The third-order valence-corrected chi connectivity index (χ3v) is 7.47. The van der Waals surface area contributed by atoms with E-state index in [-0.39, 0.29) is 17.7 Å². The molecule has 1 saturated heterocycles. The molecule has 2 aromatic heterocycles. The van der Waals surface area contributed by atoms with E-state index in [2.05, 4.69) is 20.9 Å². The predicted octanol–water partition coefficient (Wildman–Crippen LogP) is 4.49. The third kappa shape index (κ3) is 8.12. The van der Waals surface area contributed by atoms with E-state index in [1.54, 1.807) is 59.9 Å². The average molecular weight is 595 g/mol. The minimum atomic E-state index is -0.356. The summed E-state index contributed by atoms with van der Waals surface area (Å²) in [5.41, 5.74) is 4.40. The van der Waals surface area contributed by atoms with Gasteiger partial charge in [-0.1, -0.05) is 54.6 Å². The van der Waals surface area contributed by atoms with E-state index in [4.69, 9.17) is 4.74 Å². The first-order valence-corrected chi connectivity index (χ1v) is 14.7. The normalized spacial score (nSPS) is 13.6. The van der Waals surface area contributed by atoms with Gasteiger partial charge < -0.3 is 29.8 Å². The van der Waals surface area contributed by atoms with Gasteiger partial charge in [-0.3, -0.25) is 19.3 Å². The first kappa shape index (κ1) is 30.5. The number of anilines is 2. The molecule has 3 amide bonds. The van der Waals surface area contributed by atoms with Crippen molar-refractivity contribution in [2.24, 2.45) is 14.1 Å². The molecular formula is C34H38N6O4.